The Morgan fingerprint density at radius 1 is 1.38 bits per heavy atom. The topological polar surface area (TPSA) is 40.5 Å². The lowest BCUT2D eigenvalue weighted by molar-refractivity contribution is 0.100. The van der Waals surface area contributed by atoms with Crippen LogP contribution in [-0.2, 0) is 0 Å². The van der Waals surface area contributed by atoms with Gasteiger partial charge in [-0.2, -0.15) is 0 Å². The zero-order chi connectivity index (χ0) is 15.9. The fourth-order valence-electron chi connectivity index (χ4n) is 3.02. The van der Waals surface area contributed by atoms with Gasteiger partial charge in [0.1, 0.15) is 0 Å². The molecule has 21 heavy (non-hydrogen) atoms. The summed E-state index contributed by atoms with van der Waals surface area (Å²) in [7, 11) is 0. The first-order valence-corrected chi connectivity index (χ1v) is 8.60. The van der Waals surface area contributed by atoms with Crippen LogP contribution < -0.4 is 0 Å². The van der Waals surface area contributed by atoms with Crippen molar-refractivity contribution < 1.29 is 10.2 Å². The molecule has 0 bridgehead atoms. The highest BCUT2D eigenvalue weighted by atomic mass is 16.3. The molecule has 0 aromatic heterocycles. The van der Waals surface area contributed by atoms with E-state index in [0.29, 0.717) is 11.8 Å². The van der Waals surface area contributed by atoms with Crippen LogP contribution in [0.2, 0.25) is 0 Å². The third kappa shape index (κ3) is 7.28. The smallest absolute Gasteiger partial charge is 0.0771 e. The van der Waals surface area contributed by atoms with E-state index in [-0.39, 0.29) is 6.10 Å². The molecule has 2 heteroatoms. The molecule has 0 saturated carbocycles. The zero-order valence-electron chi connectivity index (χ0n) is 14.3. The average Bonchev–Trinajstić information content (AvgIpc) is 2.87. The fourth-order valence-corrected chi connectivity index (χ4v) is 3.02. The molecule has 0 fully saturated rings. The summed E-state index contributed by atoms with van der Waals surface area (Å²) in [6, 6.07) is 0. The Morgan fingerprint density at radius 3 is 2.71 bits per heavy atom. The summed E-state index contributed by atoms with van der Waals surface area (Å²) >= 11 is 0. The molecule has 0 aliphatic heterocycles. The molecular weight excluding hydrogens is 260 g/mol. The molecule has 3 atom stereocenters. The van der Waals surface area contributed by atoms with E-state index >= 15 is 0 Å². The van der Waals surface area contributed by atoms with E-state index in [9.17, 15) is 10.2 Å². The Hall–Kier alpha value is -0.600. The van der Waals surface area contributed by atoms with Gasteiger partial charge >= 0.3 is 0 Å². The molecule has 0 aromatic rings. The quantitative estimate of drug-likeness (QED) is 0.481. The van der Waals surface area contributed by atoms with Crippen molar-refractivity contribution >= 4 is 0 Å². The van der Waals surface area contributed by atoms with Crippen molar-refractivity contribution in [3.8, 4) is 0 Å². The molecule has 1 rings (SSSR count). The standard InChI is InChI=1S/C19H34O2/c1-5-6-7-10-18(20)17-12-11-16(14-17)15(2)9-8-13-19(3,4)21/h8,11,13,15,17-18,20-21H,5-7,9-10,12,14H2,1-4H3/b13-8+/t15-,17?,18-/m0/s1. The van der Waals surface area contributed by atoms with Gasteiger partial charge in [0.25, 0.3) is 0 Å². The Labute approximate surface area is 131 Å². The molecule has 1 aliphatic rings. The van der Waals surface area contributed by atoms with Crippen LogP contribution in [0, 0.1) is 11.8 Å². The van der Waals surface area contributed by atoms with E-state index in [1.54, 1.807) is 13.8 Å². The second-order valence-electron chi connectivity index (χ2n) is 7.23. The van der Waals surface area contributed by atoms with Crippen LogP contribution in [0.1, 0.15) is 72.6 Å². The number of aliphatic hydroxyl groups is 2. The highest BCUT2D eigenvalue weighted by molar-refractivity contribution is 5.15. The van der Waals surface area contributed by atoms with Crippen LogP contribution in [0.3, 0.4) is 0 Å². The van der Waals surface area contributed by atoms with Gasteiger partial charge in [-0.3, -0.25) is 0 Å². The van der Waals surface area contributed by atoms with Crippen LogP contribution >= 0.6 is 0 Å². The number of rotatable bonds is 9. The van der Waals surface area contributed by atoms with Crippen molar-refractivity contribution in [2.75, 3.05) is 0 Å². The highest BCUT2D eigenvalue weighted by Gasteiger charge is 2.25. The average molecular weight is 294 g/mol. The first-order chi connectivity index (χ1) is 9.83. The van der Waals surface area contributed by atoms with Gasteiger partial charge in [-0.15, -0.1) is 0 Å². The largest absolute Gasteiger partial charge is 0.393 e. The van der Waals surface area contributed by atoms with Gasteiger partial charge in [0, 0.05) is 0 Å². The molecule has 2 nitrogen and oxygen atoms in total. The lowest BCUT2D eigenvalue weighted by Gasteiger charge is -2.19. The molecule has 1 unspecified atom stereocenters. The van der Waals surface area contributed by atoms with Gasteiger partial charge < -0.3 is 10.2 Å². The third-order valence-corrected chi connectivity index (χ3v) is 4.48. The van der Waals surface area contributed by atoms with E-state index in [0.717, 1.165) is 32.1 Å². The summed E-state index contributed by atoms with van der Waals surface area (Å²) in [5.41, 5.74) is 0.761. The van der Waals surface area contributed by atoms with Crippen molar-refractivity contribution in [2.24, 2.45) is 11.8 Å². The zero-order valence-corrected chi connectivity index (χ0v) is 14.3. The molecule has 0 aromatic carbocycles. The van der Waals surface area contributed by atoms with Gasteiger partial charge in [0.05, 0.1) is 11.7 Å². The van der Waals surface area contributed by atoms with Gasteiger partial charge in [-0.05, 0) is 51.4 Å². The van der Waals surface area contributed by atoms with Crippen LogP contribution in [0.15, 0.2) is 23.8 Å². The molecule has 0 saturated heterocycles. The van der Waals surface area contributed by atoms with Crippen molar-refractivity contribution in [3.63, 3.8) is 0 Å². The van der Waals surface area contributed by atoms with E-state index in [1.165, 1.54) is 18.4 Å². The van der Waals surface area contributed by atoms with Crippen molar-refractivity contribution in [2.45, 2.75) is 84.3 Å². The summed E-state index contributed by atoms with van der Waals surface area (Å²) in [6.45, 7) is 8.04. The molecular formula is C19H34O2. The highest BCUT2D eigenvalue weighted by Crippen LogP contribution is 2.34. The number of hydrogen-bond donors (Lipinski definition) is 2. The number of aliphatic hydroxyl groups excluding tert-OH is 1. The Balaban J connectivity index is 2.34. The number of unbranched alkanes of at least 4 members (excludes halogenated alkanes) is 2. The Morgan fingerprint density at radius 2 is 2.10 bits per heavy atom. The lowest BCUT2D eigenvalue weighted by Crippen LogP contribution is -2.18. The third-order valence-electron chi connectivity index (χ3n) is 4.48. The number of hydrogen-bond acceptors (Lipinski definition) is 2. The summed E-state index contributed by atoms with van der Waals surface area (Å²) in [4.78, 5) is 0. The maximum Gasteiger partial charge on any atom is 0.0771 e. The maximum absolute atomic E-state index is 10.3. The van der Waals surface area contributed by atoms with Crippen LogP contribution in [-0.4, -0.2) is 21.9 Å². The normalized spacial score (nSPS) is 22.6. The monoisotopic (exact) mass is 294 g/mol. The minimum absolute atomic E-state index is 0.135. The summed E-state index contributed by atoms with van der Waals surface area (Å²) < 4.78 is 0. The van der Waals surface area contributed by atoms with Crippen molar-refractivity contribution in [3.05, 3.63) is 23.8 Å². The van der Waals surface area contributed by atoms with Crippen molar-refractivity contribution in [1.82, 2.24) is 0 Å². The van der Waals surface area contributed by atoms with E-state index in [2.05, 4.69) is 26.0 Å². The molecule has 0 amide bonds. The Kier molecular flexibility index (Phi) is 7.69. The summed E-state index contributed by atoms with van der Waals surface area (Å²) in [5.74, 6) is 0.939. The SMILES string of the molecule is CCCCC[C@H](O)C1CC=C([C@@H](C)C/C=C/C(C)(C)O)C1. The lowest BCUT2D eigenvalue weighted by atomic mass is 9.90. The molecule has 0 heterocycles. The molecule has 1 aliphatic carbocycles. The van der Waals surface area contributed by atoms with Crippen LogP contribution in [0.4, 0.5) is 0 Å². The molecule has 122 valence electrons. The number of allylic oxidation sites excluding steroid dienone is 3. The minimum atomic E-state index is -0.720. The molecule has 0 radical (unpaired) electrons. The van der Waals surface area contributed by atoms with Gasteiger partial charge in [0.15, 0.2) is 0 Å². The first kappa shape index (κ1) is 18.4. The van der Waals surface area contributed by atoms with E-state index in [1.807, 2.05) is 6.08 Å². The minimum Gasteiger partial charge on any atom is -0.393 e. The van der Waals surface area contributed by atoms with Crippen molar-refractivity contribution in [1.29, 1.82) is 0 Å². The second kappa shape index (κ2) is 8.75. The van der Waals surface area contributed by atoms with Gasteiger partial charge in [0.2, 0.25) is 0 Å². The summed E-state index contributed by atoms with van der Waals surface area (Å²) in [5, 5.41) is 20.0. The van der Waals surface area contributed by atoms with E-state index in [4.69, 9.17) is 0 Å². The predicted molar refractivity (Wildman–Crippen MR) is 90.2 cm³/mol. The molecule has 2 N–H and O–H groups in total. The fraction of sp³-hybridized carbons (Fsp3) is 0.789. The van der Waals surface area contributed by atoms with Crippen LogP contribution in [0.25, 0.3) is 0 Å². The predicted octanol–water partition coefficient (Wildman–Crippen LogP) is 4.62. The summed E-state index contributed by atoms with van der Waals surface area (Å²) in [6.07, 6.45) is 13.7. The Bertz CT molecular complexity index is 349. The van der Waals surface area contributed by atoms with Gasteiger partial charge in [-0.25, -0.2) is 0 Å². The first-order valence-electron chi connectivity index (χ1n) is 8.60. The van der Waals surface area contributed by atoms with Crippen LogP contribution in [0.5, 0.6) is 0 Å². The molecule has 0 spiro atoms. The maximum atomic E-state index is 10.3. The second-order valence-corrected chi connectivity index (χ2v) is 7.23. The van der Waals surface area contributed by atoms with E-state index < -0.39 is 5.60 Å². The van der Waals surface area contributed by atoms with Gasteiger partial charge in [-0.1, -0.05) is 56.9 Å².